The smallest absolute Gasteiger partial charge is 0.329 e. The second kappa shape index (κ2) is 41.2. The molecule has 34 heteroatoms. The normalized spacial score (nSPS) is 25.7. The van der Waals surface area contributed by atoms with Crippen LogP contribution in [0, 0.1) is 23.7 Å². The highest BCUT2D eigenvalue weighted by molar-refractivity contribution is 8.77. The summed E-state index contributed by atoms with van der Waals surface area (Å²) >= 11 is 9.69. The second-order valence-electron chi connectivity index (χ2n) is 22.5. The molecule has 0 aromatic carbocycles. The van der Waals surface area contributed by atoms with Crippen molar-refractivity contribution in [3.05, 3.63) is 36.1 Å². The zero-order valence-electron chi connectivity index (χ0n) is 52.5. The van der Waals surface area contributed by atoms with Gasteiger partial charge in [0.25, 0.3) is 11.8 Å². The first-order chi connectivity index (χ1) is 42.7. The van der Waals surface area contributed by atoms with Gasteiger partial charge in [-0.2, -0.15) is 37.0 Å². The van der Waals surface area contributed by atoms with Crippen LogP contribution in [0.2, 0.25) is 0 Å². The number of fused-ring (bicyclic) bond motifs is 3. The predicted molar refractivity (Wildman–Crippen MR) is 348 cm³/mol. The summed E-state index contributed by atoms with van der Waals surface area (Å²) < 4.78 is 11.3. The van der Waals surface area contributed by atoms with Crippen molar-refractivity contribution in [2.24, 2.45) is 29.4 Å². The minimum absolute atomic E-state index is 0.205. The molecular weight excluding hydrogens is 1290 g/mol. The highest BCUT2D eigenvalue weighted by Gasteiger charge is 2.40. The van der Waals surface area contributed by atoms with E-state index in [0.717, 1.165) is 10.8 Å². The first kappa shape index (κ1) is 80.6. The fourth-order valence-electron chi connectivity index (χ4n) is 8.32. The van der Waals surface area contributed by atoms with Crippen molar-refractivity contribution in [2.75, 3.05) is 29.6 Å². The zero-order valence-corrected chi connectivity index (χ0v) is 56.8. The molecule has 12 atom stereocenters. The first-order valence-electron chi connectivity index (χ1n) is 29.5. The Balaban J connectivity index is 0.000000675. The number of amides is 10. The molecule has 3 fully saturated rings. The van der Waals surface area contributed by atoms with E-state index in [1.54, 1.807) is 80.5 Å². The van der Waals surface area contributed by atoms with Crippen LogP contribution in [-0.4, -0.2) is 194 Å². The maximum absolute atomic E-state index is 13.7. The lowest BCUT2D eigenvalue weighted by Gasteiger charge is -2.28. The number of nitrogens with two attached hydrogens (primary N) is 1. The topological polar surface area (TPSA) is 444 Å². The molecule has 14 N–H and O–H groups in total. The van der Waals surface area contributed by atoms with E-state index in [4.69, 9.17) is 25.4 Å². The molecule has 3 rings (SSSR count). The summed E-state index contributed by atoms with van der Waals surface area (Å²) in [6, 6.07) is -8.80. The van der Waals surface area contributed by atoms with Crippen LogP contribution in [0.4, 0.5) is 0 Å². The monoisotopic (exact) mass is 1380 g/mol. The van der Waals surface area contributed by atoms with Gasteiger partial charge in [-0.15, -0.1) is 0 Å². The Morgan fingerprint density at radius 1 is 0.681 bits per heavy atom. The highest BCUT2D eigenvalue weighted by atomic mass is 33.1. The van der Waals surface area contributed by atoms with E-state index >= 15 is 0 Å². The number of nitrogens with one attached hydrogen (secondary N) is 10. The lowest BCUT2D eigenvalue weighted by atomic mass is 10.0. The van der Waals surface area contributed by atoms with E-state index < -0.39 is 167 Å². The number of hydrogen-bond donors (Lipinski definition) is 15. The van der Waals surface area contributed by atoms with Crippen LogP contribution in [0.3, 0.4) is 0 Å². The molecule has 0 radical (unpaired) electrons. The number of ether oxygens (including phenoxy) is 2. The quantitative estimate of drug-likeness (QED) is 0.0218. The number of cyclic esters (lactones) is 2. The Morgan fingerprint density at radius 2 is 1.19 bits per heavy atom. The van der Waals surface area contributed by atoms with Crippen molar-refractivity contribution in [2.45, 2.75) is 179 Å². The van der Waals surface area contributed by atoms with Gasteiger partial charge < -0.3 is 78.6 Å². The number of carbonyl (C=O) groups excluding carboxylic acids is 12. The van der Waals surface area contributed by atoms with Crippen molar-refractivity contribution in [1.82, 2.24) is 53.2 Å². The van der Waals surface area contributed by atoms with Crippen molar-refractivity contribution < 1.29 is 86.8 Å². The number of aliphatic carboxylic acids is 2. The first-order valence-corrected chi connectivity index (χ1v) is 34.2. The Morgan fingerprint density at radius 3 is 1.66 bits per heavy atom. The predicted octanol–water partition coefficient (Wildman–Crippen LogP) is -0.254. The summed E-state index contributed by atoms with van der Waals surface area (Å²) in [5, 5.41) is 41.7. The minimum atomic E-state index is -1.50. The molecule has 3 saturated heterocycles. The molecule has 0 aromatic heterocycles. The van der Waals surface area contributed by atoms with Gasteiger partial charge in [0.1, 0.15) is 72.8 Å². The fourth-order valence-corrected chi connectivity index (χ4v) is 12.1. The van der Waals surface area contributed by atoms with Crippen molar-refractivity contribution >= 4 is 142 Å². The number of carboxylic acid groups (broad SMARTS) is 2. The number of thiol groups is 2. The summed E-state index contributed by atoms with van der Waals surface area (Å²) in [5.74, 6) is -11.7. The maximum atomic E-state index is 13.7. The fraction of sp³-hybridized carbons (Fsp3) is 0.649. The summed E-state index contributed by atoms with van der Waals surface area (Å²) in [6.45, 7) is 16.2. The molecule has 0 aliphatic carbocycles. The molecule has 2 bridgehead atoms. The SMILES string of the molecule is C/C=C1\NC(=O)C(SSCC(NC(=O)CCC(N)C(=O)O)C(=O)NCC(=O)O)NC(=O)C(C(C)C)NC(=O)CC(/C=C/CCS)OC(=O)C(C(C)C)NC1=O.CC(C)C1NC(=O)CC(/C=C/CCS)OC(=O)C(C(C)C)NC(=O)C2NC(=O)C(CSC2C)NC1=O. The molecule has 91 heavy (non-hydrogen) atoms. The van der Waals surface area contributed by atoms with E-state index in [-0.39, 0.29) is 60.0 Å². The lowest BCUT2D eigenvalue weighted by Crippen LogP contribution is -2.59. The molecular formula is C57H89N11O18S5. The average Bonchev–Trinajstić information content (AvgIpc) is 2.64. The number of carboxylic acids is 2. The van der Waals surface area contributed by atoms with Gasteiger partial charge in [0.2, 0.25) is 47.3 Å². The molecule has 3 aliphatic rings. The van der Waals surface area contributed by atoms with Crippen LogP contribution in [0.15, 0.2) is 36.1 Å². The van der Waals surface area contributed by atoms with Crippen LogP contribution in [-0.2, 0) is 76.6 Å². The number of rotatable bonds is 22. The molecule has 0 aromatic rings. The molecule has 3 heterocycles. The Kier molecular flexibility index (Phi) is 36.5. The Labute approximate surface area is 552 Å². The van der Waals surface area contributed by atoms with Crippen LogP contribution in [0.25, 0.3) is 0 Å². The molecule has 0 saturated carbocycles. The third-order valence-corrected chi connectivity index (χ3v) is 17.9. The number of hydrogen-bond acceptors (Lipinski definition) is 22. The van der Waals surface area contributed by atoms with Crippen LogP contribution >= 0.6 is 58.6 Å². The third-order valence-electron chi connectivity index (χ3n) is 13.5. The van der Waals surface area contributed by atoms with E-state index in [2.05, 4.69) is 78.4 Å². The number of thioether (sulfide) groups is 1. The average molecular weight is 1380 g/mol. The minimum Gasteiger partial charge on any atom is -0.480 e. The number of allylic oxidation sites excluding steroid dienone is 3. The van der Waals surface area contributed by atoms with E-state index in [0.29, 0.717) is 35.1 Å². The summed E-state index contributed by atoms with van der Waals surface area (Å²) in [5.41, 5.74) is 5.17. The second-order valence-corrected chi connectivity index (χ2v) is 27.3. The number of esters is 2. The lowest BCUT2D eigenvalue weighted by molar-refractivity contribution is -0.154. The molecule has 10 amide bonds. The van der Waals surface area contributed by atoms with Crippen LogP contribution < -0.4 is 58.9 Å². The standard InChI is InChI=1S/C33H51N7O12S3.C24H38N4O6S2/c1-6-20-28(46)39-26(17(4)5)33(51)52-18(9-7-8-12-53)13-23(42)38-25(16(2)3)29(47)40-31(30(48)37-20)55-54-15-21(27(45)35-14-24(43)44)36-22(41)11-10-19(34)32(49)50;1-12(2)18-22(31)25-16-11-36-14(5)20(28-21(16)30)23(32)27-19(13(3)4)24(33)34-15(8-6-7-9-35)10-17(29)26-18/h6-7,9,16-19,21,25-26,31,53H,8,10-15,34H2,1-5H3,(H,35,45)(H,36,41)(H,37,48)(H,38,42)(H,39,46)(H,40,47)(H,43,44)(H,49,50);6,8,12-16,18-20,35H,7,9-11H2,1-5H3,(H,25,31)(H,26,29)(H,27,32)(H,28,30)/b9-7+,20-6-;8-6+. The van der Waals surface area contributed by atoms with Gasteiger partial charge in [-0.25, -0.2) is 9.59 Å². The summed E-state index contributed by atoms with van der Waals surface area (Å²) in [6.07, 6.45) is 5.78. The van der Waals surface area contributed by atoms with E-state index in [9.17, 15) is 67.1 Å². The van der Waals surface area contributed by atoms with Crippen molar-refractivity contribution in [3.63, 3.8) is 0 Å². The van der Waals surface area contributed by atoms with Crippen LogP contribution in [0.5, 0.6) is 0 Å². The zero-order chi connectivity index (χ0) is 68.8. The number of carbonyl (C=O) groups is 14. The van der Waals surface area contributed by atoms with Crippen molar-refractivity contribution in [1.29, 1.82) is 0 Å². The van der Waals surface area contributed by atoms with Gasteiger partial charge in [-0.1, -0.05) is 102 Å². The van der Waals surface area contributed by atoms with Crippen molar-refractivity contribution in [3.8, 4) is 0 Å². The Bertz CT molecular complexity index is 2680. The molecule has 12 unspecified atom stereocenters. The van der Waals surface area contributed by atoms with Gasteiger partial charge in [0, 0.05) is 23.2 Å². The molecule has 510 valence electrons. The van der Waals surface area contributed by atoms with E-state index in [1.165, 1.54) is 30.8 Å². The maximum Gasteiger partial charge on any atom is 0.329 e. The third kappa shape index (κ3) is 28.9. The van der Waals surface area contributed by atoms with Gasteiger partial charge in [-0.05, 0) is 73.5 Å². The molecule has 29 nitrogen and oxygen atoms in total. The highest BCUT2D eigenvalue weighted by Crippen LogP contribution is 2.28. The van der Waals surface area contributed by atoms with Gasteiger partial charge in [0.15, 0.2) is 5.37 Å². The van der Waals surface area contributed by atoms with Gasteiger partial charge in [0.05, 0.1) is 12.8 Å². The van der Waals surface area contributed by atoms with E-state index in [1.807, 2.05) is 0 Å². The molecule has 0 spiro atoms. The Hall–Kier alpha value is -6.49. The van der Waals surface area contributed by atoms with Gasteiger partial charge >= 0.3 is 23.9 Å². The largest absolute Gasteiger partial charge is 0.480 e. The summed E-state index contributed by atoms with van der Waals surface area (Å²) in [4.78, 5) is 180. The van der Waals surface area contributed by atoms with Gasteiger partial charge in [-0.3, -0.25) is 57.5 Å². The summed E-state index contributed by atoms with van der Waals surface area (Å²) in [7, 11) is 1.52. The molecule has 3 aliphatic heterocycles. The van der Waals surface area contributed by atoms with Crippen LogP contribution in [0.1, 0.15) is 108 Å².